The molecule has 55 heavy (non-hydrogen) atoms. The van der Waals surface area contributed by atoms with Gasteiger partial charge in [-0.25, -0.2) is 0 Å². The Morgan fingerprint density at radius 2 is 0.927 bits per heavy atom. The molecule has 2 nitrogen and oxygen atoms in total. The Bertz CT molecular complexity index is 3050. The molecule has 0 unspecified atom stereocenters. The van der Waals surface area contributed by atoms with Crippen LogP contribution in [0.3, 0.4) is 0 Å². The predicted molar refractivity (Wildman–Crippen MR) is 231 cm³/mol. The number of para-hydroxylation sites is 1. The summed E-state index contributed by atoms with van der Waals surface area (Å²) in [5.74, 6) is 0. The maximum atomic E-state index is 6.33. The third-order valence-electron chi connectivity index (χ3n) is 12.5. The van der Waals surface area contributed by atoms with Crippen molar-refractivity contribution in [1.82, 2.24) is 0 Å². The lowest BCUT2D eigenvalue weighted by atomic mass is 9.55. The van der Waals surface area contributed by atoms with Crippen molar-refractivity contribution in [2.75, 3.05) is 4.90 Å². The van der Waals surface area contributed by atoms with Crippen molar-refractivity contribution >= 4 is 70.5 Å². The van der Waals surface area contributed by atoms with Crippen LogP contribution in [0.5, 0.6) is 0 Å². The lowest BCUT2D eigenvalue weighted by Gasteiger charge is -2.46. The number of anilines is 3. The summed E-state index contributed by atoms with van der Waals surface area (Å²) in [5.41, 5.74) is 15.3. The molecule has 2 aliphatic rings. The molecular weight excluding hydrogens is 687 g/mol. The molecule has 2 aromatic heterocycles. The number of fused-ring (bicyclic) bond motifs is 15. The quantitative estimate of drug-likeness (QED) is 0.181. The van der Waals surface area contributed by atoms with Crippen LogP contribution in [0.2, 0.25) is 0 Å². The van der Waals surface area contributed by atoms with Crippen molar-refractivity contribution in [3.8, 4) is 11.1 Å². The van der Waals surface area contributed by atoms with Gasteiger partial charge >= 0.3 is 0 Å². The number of benzene rings is 8. The van der Waals surface area contributed by atoms with E-state index in [-0.39, 0.29) is 5.41 Å². The molecule has 0 bridgehead atoms. The fourth-order valence-electron chi connectivity index (χ4n) is 10.1. The van der Waals surface area contributed by atoms with Crippen LogP contribution in [0.1, 0.15) is 47.2 Å². The van der Waals surface area contributed by atoms with Gasteiger partial charge in [0.05, 0.1) is 5.41 Å². The lowest BCUT2D eigenvalue weighted by Crippen LogP contribution is -2.40. The first-order chi connectivity index (χ1) is 27.0. The Morgan fingerprint density at radius 1 is 0.400 bits per heavy atom. The van der Waals surface area contributed by atoms with Gasteiger partial charge in [-0.15, -0.1) is 11.3 Å². The Labute approximate surface area is 323 Å². The van der Waals surface area contributed by atoms with Crippen LogP contribution in [0.15, 0.2) is 180 Å². The second kappa shape index (κ2) is 11.1. The predicted octanol–water partition coefficient (Wildman–Crippen LogP) is 14.4. The highest BCUT2D eigenvalue weighted by molar-refractivity contribution is 7.25. The highest BCUT2D eigenvalue weighted by atomic mass is 32.1. The third-order valence-corrected chi connectivity index (χ3v) is 13.7. The molecule has 0 saturated heterocycles. The zero-order valence-corrected chi connectivity index (χ0v) is 31.3. The molecule has 0 N–H and O–H groups in total. The van der Waals surface area contributed by atoms with E-state index in [0.29, 0.717) is 0 Å². The van der Waals surface area contributed by atoms with Crippen molar-refractivity contribution in [2.45, 2.75) is 24.7 Å². The molecule has 0 amide bonds. The summed E-state index contributed by atoms with van der Waals surface area (Å²) in [4.78, 5) is 2.45. The second-order valence-electron chi connectivity index (χ2n) is 15.6. The first-order valence-electron chi connectivity index (χ1n) is 19.1. The Balaban J connectivity index is 1.16. The maximum absolute atomic E-state index is 6.33. The standard InChI is InChI=1S/C52H35NOS/c1-51(2)42-17-7-9-19-44(42)52(45-20-10-8-18-43(45)51)41-16-6-3-13-35(41)36-26-23-34(31-46(36)52)53(32-24-27-48-39(29-32)37-14-4-11-21-47(37)54-48)33-25-28-50-40(30-33)38-15-5-12-22-49(38)55-50/h3-31H,1-2H3. The number of rotatable bonds is 3. The average molecular weight is 722 g/mol. The van der Waals surface area contributed by atoms with Crippen LogP contribution >= 0.6 is 11.3 Å². The fourth-order valence-corrected chi connectivity index (χ4v) is 11.2. The molecule has 2 aliphatic carbocycles. The van der Waals surface area contributed by atoms with Gasteiger partial charge in [0.1, 0.15) is 11.2 Å². The topological polar surface area (TPSA) is 16.4 Å². The van der Waals surface area contributed by atoms with Gasteiger partial charge in [0, 0.05) is 53.4 Å². The van der Waals surface area contributed by atoms with E-state index in [4.69, 9.17) is 4.42 Å². The summed E-state index contributed by atoms with van der Waals surface area (Å²) in [6, 6.07) is 65.4. The monoisotopic (exact) mass is 721 g/mol. The summed E-state index contributed by atoms with van der Waals surface area (Å²) in [6.07, 6.45) is 0. The molecule has 10 aromatic rings. The average Bonchev–Trinajstić information content (AvgIpc) is 3.88. The van der Waals surface area contributed by atoms with Crippen LogP contribution < -0.4 is 4.90 Å². The Kier molecular flexibility index (Phi) is 6.23. The van der Waals surface area contributed by atoms with E-state index in [1.54, 1.807) is 0 Å². The molecule has 2 heterocycles. The Morgan fingerprint density at radius 3 is 1.71 bits per heavy atom. The molecule has 0 saturated carbocycles. The van der Waals surface area contributed by atoms with Crippen LogP contribution in [0.25, 0.3) is 53.2 Å². The summed E-state index contributed by atoms with van der Waals surface area (Å²) in [5, 5.41) is 4.81. The molecule has 1 spiro atoms. The summed E-state index contributed by atoms with van der Waals surface area (Å²) in [7, 11) is 0. The van der Waals surface area contributed by atoms with E-state index in [9.17, 15) is 0 Å². The lowest BCUT2D eigenvalue weighted by molar-refractivity contribution is 0.563. The molecule has 8 aromatic carbocycles. The minimum atomic E-state index is -0.478. The van der Waals surface area contributed by atoms with E-state index in [2.05, 4.69) is 189 Å². The number of nitrogens with zero attached hydrogens (tertiary/aromatic N) is 1. The van der Waals surface area contributed by atoms with Crippen molar-refractivity contribution in [2.24, 2.45) is 0 Å². The second-order valence-corrected chi connectivity index (χ2v) is 16.7. The van der Waals surface area contributed by atoms with E-state index in [1.807, 2.05) is 17.4 Å². The molecule has 0 radical (unpaired) electrons. The summed E-state index contributed by atoms with van der Waals surface area (Å²) < 4.78 is 8.93. The van der Waals surface area contributed by atoms with Crippen molar-refractivity contribution < 1.29 is 4.42 Å². The normalized spacial score (nSPS) is 14.7. The maximum Gasteiger partial charge on any atom is 0.135 e. The van der Waals surface area contributed by atoms with Crippen LogP contribution in [0.4, 0.5) is 17.1 Å². The number of furan rings is 1. The van der Waals surface area contributed by atoms with Gasteiger partial charge in [0.15, 0.2) is 0 Å². The van der Waals surface area contributed by atoms with Gasteiger partial charge in [-0.3, -0.25) is 0 Å². The van der Waals surface area contributed by atoms with Crippen molar-refractivity contribution in [3.05, 3.63) is 209 Å². The fraction of sp³-hybridized carbons (Fsp3) is 0.0769. The van der Waals surface area contributed by atoms with Gasteiger partial charge in [0.2, 0.25) is 0 Å². The zero-order chi connectivity index (χ0) is 36.5. The SMILES string of the molecule is CC1(C)c2ccccc2C2(c3ccccc3-c3ccc(N(c4ccc5oc6ccccc6c5c4)c4ccc5sc6ccccc6c5c4)cc32)c2ccccc21. The number of thiophene rings is 1. The van der Waals surface area contributed by atoms with E-state index in [0.717, 1.165) is 39.0 Å². The minimum Gasteiger partial charge on any atom is -0.456 e. The Hall–Kier alpha value is -6.42. The van der Waals surface area contributed by atoms with Crippen LogP contribution in [-0.4, -0.2) is 0 Å². The summed E-state index contributed by atoms with van der Waals surface area (Å²) in [6.45, 7) is 4.77. The number of hydrogen-bond donors (Lipinski definition) is 0. The van der Waals surface area contributed by atoms with Crippen molar-refractivity contribution in [3.63, 3.8) is 0 Å². The molecule has 12 rings (SSSR count). The molecule has 260 valence electrons. The van der Waals surface area contributed by atoms with E-state index in [1.165, 1.54) is 64.7 Å². The molecule has 0 aliphatic heterocycles. The first-order valence-corrected chi connectivity index (χ1v) is 19.9. The molecule has 3 heteroatoms. The van der Waals surface area contributed by atoms with E-state index < -0.39 is 5.41 Å². The zero-order valence-electron chi connectivity index (χ0n) is 30.5. The molecule has 0 atom stereocenters. The van der Waals surface area contributed by atoms with Gasteiger partial charge in [-0.1, -0.05) is 129 Å². The number of hydrogen-bond acceptors (Lipinski definition) is 3. The van der Waals surface area contributed by atoms with Crippen molar-refractivity contribution in [1.29, 1.82) is 0 Å². The smallest absolute Gasteiger partial charge is 0.135 e. The van der Waals surface area contributed by atoms with E-state index >= 15 is 0 Å². The third kappa shape index (κ3) is 4.08. The van der Waals surface area contributed by atoms with Gasteiger partial charge in [-0.05, 0) is 105 Å². The van der Waals surface area contributed by atoms with Gasteiger partial charge < -0.3 is 9.32 Å². The summed E-state index contributed by atoms with van der Waals surface area (Å²) >= 11 is 1.86. The highest BCUT2D eigenvalue weighted by Gasteiger charge is 2.53. The van der Waals surface area contributed by atoms with Gasteiger partial charge in [0.25, 0.3) is 0 Å². The largest absolute Gasteiger partial charge is 0.456 e. The highest BCUT2D eigenvalue weighted by Crippen LogP contribution is 2.62. The van der Waals surface area contributed by atoms with Crippen LogP contribution in [-0.2, 0) is 10.8 Å². The van der Waals surface area contributed by atoms with Gasteiger partial charge in [-0.2, -0.15) is 0 Å². The van der Waals surface area contributed by atoms with Crippen LogP contribution in [0, 0.1) is 0 Å². The molecule has 0 fully saturated rings. The molecular formula is C52H35NOS. The minimum absolute atomic E-state index is 0.152. The first kappa shape index (κ1) is 31.0.